The number of fused-ring (bicyclic) bond motifs is 1. The molecule has 186 valence electrons. The van der Waals surface area contributed by atoms with Gasteiger partial charge in [0.25, 0.3) is 5.91 Å². The quantitative estimate of drug-likeness (QED) is 0.349. The first-order valence-corrected chi connectivity index (χ1v) is 12.0. The van der Waals surface area contributed by atoms with E-state index in [-0.39, 0.29) is 11.0 Å². The molecule has 0 unspecified atom stereocenters. The first kappa shape index (κ1) is 24.0. The number of anilines is 1. The molecule has 5 aromatic rings. The number of hydrogen-bond acceptors (Lipinski definition) is 5. The molecule has 0 aliphatic carbocycles. The minimum absolute atomic E-state index is 0.140. The number of carbonyl (C=O) groups is 1. The van der Waals surface area contributed by atoms with Crippen LogP contribution in [0.3, 0.4) is 0 Å². The maximum Gasteiger partial charge on any atom is 0.261 e. The predicted octanol–water partition coefficient (Wildman–Crippen LogP) is 5.25. The largest absolute Gasteiger partial charge is 0.457 e. The first-order valence-electron chi connectivity index (χ1n) is 12.0. The maximum atomic E-state index is 13.3. The summed E-state index contributed by atoms with van der Waals surface area (Å²) in [7, 11) is 3.72. The third kappa shape index (κ3) is 4.61. The molecule has 1 amide bonds. The smallest absolute Gasteiger partial charge is 0.261 e. The Labute approximate surface area is 214 Å². The van der Waals surface area contributed by atoms with Crippen LogP contribution < -0.4 is 15.5 Å². The van der Waals surface area contributed by atoms with Gasteiger partial charge in [-0.1, -0.05) is 13.0 Å². The van der Waals surface area contributed by atoms with Gasteiger partial charge in [-0.05, 0) is 61.4 Å². The van der Waals surface area contributed by atoms with Gasteiger partial charge in [-0.2, -0.15) is 5.10 Å². The number of aryl methyl sites for hydroxylation is 3. The number of ether oxygens (including phenoxy) is 1. The molecular formula is C29H27N5O3. The molecule has 3 aromatic heterocycles. The Morgan fingerprint density at radius 3 is 2.54 bits per heavy atom. The van der Waals surface area contributed by atoms with E-state index in [4.69, 9.17) is 4.74 Å². The number of carbonyl (C=O) groups excluding carboxylic acids is 1. The van der Waals surface area contributed by atoms with Crippen LogP contribution in [0.4, 0.5) is 5.69 Å². The van der Waals surface area contributed by atoms with Crippen LogP contribution in [0, 0.1) is 6.92 Å². The Balaban J connectivity index is 1.39. The van der Waals surface area contributed by atoms with Crippen LogP contribution in [0.1, 0.15) is 28.5 Å². The third-order valence-corrected chi connectivity index (χ3v) is 6.53. The molecule has 0 saturated carbocycles. The molecule has 2 aromatic carbocycles. The van der Waals surface area contributed by atoms with Gasteiger partial charge in [0, 0.05) is 60.6 Å². The molecule has 1 N–H and O–H groups in total. The Morgan fingerprint density at radius 1 is 1.05 bits per heavy atom. The number of amides is 1. The zero-order valence-corrected chi connectivity index (χ0v) is 21.1. The summed E-state index contributed by atoms with van der Waals surface area (Å²) in [5.74, 6) is 0.796. The number of aromatic nitrogens is 4. The lowest BCUT2D eigenvalue weighted by Crippen LogP contribution is -2.26. The fourth-order valence-electron chi connectivity index (χ4n) is 4.37. The van der Waals surface area contributed by atoms with Gasteiger partial charge in [0.15, 0.2) is 0 Å². The van der Waals surface area contributed by atoms with E-state index in [0.29, 0.717) is 28.3 Å². The van der Waals surface area contributed by atoms with Crippen molar-refractivity contribution in [1.82, 2.24) is 19.3 Å². The van der Waals surface area contributed by atoms with E-state index >= 15 is 0 Å². The van der Waals surface area contributed by atoms with Crippen LogP contribution in [-0.2, 0) is 20.5 Å². The molecule has 3 heterocycles. The van der Waals surface area contributed by atoms with Gasteiger partial charge in [-0.15, -0.1) is 0 Å². The fraction of sp³-hybridized carbons (Fsp3) is 0.172. The average Bonchev–Trinajstić information content (AvgIpc) is 3.34. The Bertz CT molecular complexity index is 1680. The summed E-state index contributed by atoms with van der Waals surface area (Å²) in [5.41, 5.74) is 4.62. The summed E-state index contributed by atoms with van der Waals surface area (Å²) in [6.07, 6.45) is 7.86. The van der Waals surface area contributed by atoms with Gasteiger partial charge in [-0.3, -0.25) is 19.3 Å². The SMILES string of the molecule is CCc1ccc2c(c1)c(=O)c(C(=O)Nc1ccc(Oc3ccncc3-c3cnn(C)c3)cc1)c(C)n2C. The van der Waals surface area contributed by atoms with Crippen molar-refractivity contribution in [3.8, 4) is 22.6 Å². The highest BCUT2D eigenvalue weighted by atomic mass is 16.5. The summed E-state index contributed by atoms with van der Waals surface area (Å²) < 4.78 is 9.70. The van der Waals surface area contributed by atoms with Crippen molar-refractivity contribution < 1.29 is 9.53 Å². The van der Waals surface area contributed by atoms with E-state index in [2.05, 4.69) is 15.4 Å². The van der Waals surface area contributed by atoms with Crippen LogP contribution in [0.25, 0.3) is 22.0 Å². The van der Waals surface area contributed by atoms with Crippen LogP contribution in [0.15, 0.2) is 78.1 Å². The Hall–Kier alpha value is -4.72. The zero-order chi connectivity index (χ0) is 26.1. The molecule has 8 nitrogen and oxygen atoms in total. The lowest BCUT2D eigenvalue weighted by molar-refractivity contribution is 0.102. The Morgan fingerprint density at radius 2 is 1.84 bits per heavy atom. The van der Waals surface area contributed by atoms with E-state index in [9.17, 15) is 9.59 Å². The molecule has 5 rings (SSSR count). The van der Waals surface area contributed by atoms with Crippen molar-refractivity contribution in [2.24, 2.45) is 14.1 Å². The van der Waals surface area contributed by atoms with Crippen LogP contribution in [0.2, 0.25) is 0 Å². The summed E-state index contributed by atoms with van der Waals surface area (Å²) in [5, 5.41) is 7.62. The minimum atomic E-state index is -0.441. The van der Waals surface area contributed by atoms with Crippen molar-refractivity contribution in [3.05, 3.63) is 100 Å². The topological polar surface area (TPSA) is 91.0 Å². The highest BCUT2D eigenvalue weighted by molar-refractivity contribution is 6.06. The highest BCUT2D eigenvalue weighted by Gasteiger charge is 2.19. The zero-order valence-electron chi connectivity index (χ0n) is 21.1. The number of rotatable bonds is 6. The van der Waals surface area contributed by atoms with Crippen molar-refractivity contribution in [2.75, 3.05) is 5.32 Å². The molecule has 0 atom stereocenters. The van der Waals surface area contributed by atoms with Gasteiger partial charge < -0.3 is 14.6 Å². The summed E-state index contributed by atoms with van der Waals surface area (Å²) in [6.45, 7) is 3.82. The van der Waals surface area contributed by atoms with Gasteiger partial charge >= 0.3 is 0 Å². The second-order valence-corrected chi connectivity index (χ2v) is 8.91. The van der Waals surface area contributed by atoms with Crippen LogP contribution >= 0.6 is 0 Å². The lowest BCUT2D eigenvalue weighted by Gasteiger charge is -2.15. The van der Waals surface area contributed by atoms with E-state index < -0.39 is 5.91 Å². The second-order valence-electron chi connectivity index (χ2n) is 8.91. The van der Waals surface area contributed by atoms with Crippen molar-refractivity contribution in [1.29, 1.82) is 0 Å². The Kier molecular flexibility index (Phi) is 6.31. The highest BCUT2D eigenvalue weighted by Crippen LogP contribution is 2.32. The lowest BCUT2D eigenvalue weighted by atomic mass is 10.0. The predicted molar refractivity (Wildman–Crippen MR) is 144 cm³/mol. The minimum Gasteiger partial charge on any atom is -0.457 e. The van der Waals surface area contributed by atoms with Gasteiger partial charge in [0.2, 0.25) is 5.43 Å². The number of hydrogen-bond donors (Lipinski definition) is 1. The van der Waals surface area contributed by atoms with E-state index in [1.54, 1.807) is 60.5 Å². The molecule has 0 bridgehead atoms. The third-order valence-electron chi connectivity index (χ3n) is 6.53. The van der Waals surface area contributed by atoms with Crippen molar-refractivity contribution >= 4 is 22.5 Å². The molecule has 0 aliphatic rings. The molecule has 37 heavy (non-hydrogen) atoms. The van der Waals surface area contributed by atoms with Gasteiger partial charge in [-0.25, -0.2) is 0 Å². The molecular weight excluding hydrogens is 466 g/mol. The second kappa shape index (κ2) is 9.73. The maximum absolute atomic E-state index is 13.3. The summed E-state index contributed by atoms with van der Waals surface area (Å²) >= 11 is 0. The molecule has 0 spiro atoms. The van der Waals surface area contributed by atoms with E-state index in [0.717, 1.165) is 28.6 Å². The van der Waals surface area contributed by atoms with Crippen molar-refractivity contribution in [2.45, 2.75) is 20.3 Å². The molecule has 8 heteroatoms. The fourth-order valence-corrected chi connectivity index (χ4v) is 4.37. The monoisotopic (exact) mass is 493 g/mol. The van der Waals surface area contributed by atoms with Crippen LogP contribution in [-0.4, -0.2) is 25.2 Å². The molecule has 0 radical (unpaired) electrons. The molecule has 0 aliphatic heterocycles. The van der Waals surface area contributed by atoms with E-state index in [1.807, 2.05) is 50.0 Å². The number of nitrogens with zero attached hydrogens (tertiary/aromatic N) is 4. The normalized spacial score (nSPS) is 11.0. The first-order chi connectivity index (χ1) is 17.9. The summed E-state index contributed by atoms with van der Waals surface area (Å²) in [4.78, 5) is 30.7. The van der Waals surface area contributed by atoms with E-state index in [1.165, 1.54) is 0 Å². The number of nitrogens with one attached hydrogen (secondary N) is 1. The van der Waals surface area contributed by atoms with Crippen LogP contribution in [0.5, 0.6) is 11.5 Å². The van der Waals surface area contributed by atoms with Crippen molar-refractivity contribution in [3.63, 3.8) is 0 Å². The molecule has 0 fully saturated rings. The van der Waals surface area contributed by atoms with Gasteiger partial charge in [0.05, 0.1) is 11.7 Å². The number of pyridine rings is 2. The standard InChI is InChI=1S/C29H27N5O3/c1-5-19-6-11-25-23(14-19)28(35)27(18(2)34(25)4)29(36)32-21-7-9-22(10-8-21)37-26-12-13-30-16-24(26)20-15-31-33(3)17-20/h6-17H,5H2,1-4H3,(H,32,36). The summed E-state index contributed by atoms with van der Waals surface area (Å²) in [6, 6.07) is 14.6. The number of benzene rings is 2. The molecule has 0 saturated heterocycles. The van der Waals surface area contributed by atoms with Gasteiger partial charge in [0.1, 0.15) is 17.1 Å². The average molecular weight is 494 g/mol.